The molecule has 0 atom stereocenters. The van der Waals surface area contributed by atoms with Gasteiger partial charge in [-0.3, -0.25) is 10.1 Å². The molecular weight excluding hydrogens is 293 g/mol. The maximum atomic E-state index is 12.8. The smallest absolute Gasteiger partial charge is 0.412 e. The number of nitrogens with one attached hydrogen (secondary N) is 2. The Balaban J connectivity index is 1.88. The lowest BCUT2D eigenvalue weighted by molar-refractivity contribution is -0.116. The Kier molecular flexibility index (Phi) is 5.02. The van der Waals surface area contributed by atoms with Crippen molar-refractivity contribution >= 4 is 23.5 Å². The van der Waals surface area contributed by atoms with Gasteiger partial charge in [0.2, 0.25) is 5.91 Å². The highest BCUT2D eigenvalue weighted by molar-refractivity contribution is 5.90. The first-order valence-corrected chi connectivity index (χ1v) is 6.46. The summed E-state index contributed by atoms with van der Waals surface area (Å²) in [6.07, 6.45) is 0.742. The van der Waals surface area contributed by atoms with Crippen LogP contribution in [0.1, 0.15) is 6.92 Å². The lowest BCUT2D eigenvalue weighted by Gasteiger charge is -2.04. The van der Waals surface area contributed by atoms with Crippen molar-refractivity contribution in [2.24, 2.45) is 0 Å². The molecule has 0 fully saturated rings. The van der Waals surface area contributed by atoms with E-state index in [0.717, 1.165) is 0 Å². The molecule has 0 bridgehead atoms. The molecule has 0 radical (unpaired) electrons. The summed E-state index contributed by atoms with van der Waals surface area (Å²) in [6, 6.07) is 5.38. The molecule has 2 aromatic rings. The number of anilines is 2. The van der Waals surface area contributed by atoms with E-state index in [1.165, 1.54) is 35.1 Å². The maximum Gasteiger partial charge on any atom is 0.412 e. The number of halogens is 1. The van der Waals surface area contributed by atoms with Gasteiger partial charge in [-0.1, -0.05) is 5.21 Å². The van der Waals surface area contributed by atoms with E-state index in [9.17, 15) is 14.0 Å². The van der Waals surface area contributed by atoms with E-state index in [0.29, 0.717) is 5.69 Å². The van der Waals surface area contributed by atoms with Crippen LogP contribution < -0.4 is 10.6 Å². The molecule has 0 unspecified atom stereocenters. The number of hydrogen-bond acceptors (Lipinski definition) is 5. The van der Waals surface area contributed by atoms with Crippen LogP contribution in [0.15, 0.2) is 30.5 Å². The number of ether oxygens (including phenoxy) is 1. The van der Waals surface area contributed by atoms with Crippen molar-refractivity contribution in [3.63, 3.8) is 0 Å². The average molecular weight is 307 g/mol. The van der Waals surface area contributed by atoms with E-state index >= 15 is 0 Å². The molecule has 0 aliphatic rings. The van der Waals surface area contributed by atoms with Crippen LogP contribution in [0.5, 0.6) is 0 Å². The van der Waals surface area contributed by atoms with Gasteiger partial charge in [0.25, 0.3) is 0 Å². The second-order valence-electron chi connectivity index (χ2n) is 4.20. The second kappa shape index (κ2) is 7.16. The lowest BCUT2D eigenvalue weighted by Crippen LogP contribution is -2.19. The summed E-state index contributed by atoms with van der Waals surface area (Å²) in [4.78, 5) is 23.0. The highest BCUT2D eigenvalue weighted by Crippen LogP contribution is 2.08. The van der Waals surface area contributed by atoms with Gasteiger partial charge in [0.15, 0.2) is 5.82 Å². The maximum absolute atomic E-state index is 12.8. The van der Waals surface area contributed by atoms with Crippen molar-refractivity contribution < 1.29 is 18.7 Å². The molecule has 116 valence electrons. The topological polar surface area (TPSA) is 98.1 Å². The van der Waals surface area contributed by atoms with Crippen LogP contribution in [0.3, 0.4) is 0 Å². The molecular formula is C13H14FN5O3. The summed E-state index contributed by atoms with van der Waals surface area (Å²) in [5.74, 6) is -0.573. The number of carbonyl (C=O) groups is 2. The molecule has 0 aliphatic carbocycles. The first-order valence-electron chi connectivity index (χ1n) is 6.46. The quantitative estimate of drug-likeness (QED) is 0.874. The summed E-state index contributed by atoms with van der Waals surface area (Å²) in [7, 11) is 0. The molecule has 2 rings (SSSR count). The highest BCUT2D eigenvalue weighted by Gasteiger charge is 2.09. The predicted molar refractivity (Wildman–Crippen MR) is 75.7 cm³/mol. The van der Waals surface area contributed by atoms with Gasteiger partial charge < -0.3 is 10.1 Å². The van der Waals surface area contributed by atoms with Crippen LogP contribution in [0, 0.1) is 5.82 Å². The van der Waals surface area contributed by atoms with Crippen molar-refractivity contribution in [1.82, 2.24) is 15.0 Å². The van der Waals surface area contributed by atoms with Crippen LogP contribution in [-0.4, -0.2) is 33.6 Å². The molecule has 0 saturated carbocycles. The molecule has 8 nitrogen and oxygen atoms in total. The molecule has 0 saturated heterocycles. The summed E-state index contributed by atoms with van der Waals surface area (Å²) >= 11 is 0. The number of hydrogen-bond donors (Lipinski definition) is 2. The fraction of sp³-hybridized carbons (Fsp3) is 0.231. The van der Waals surface area contributed by atoms with Gasteiger partial charge in [-0.2, -0.15) is 0 Å². The average Bonchev–Trinajstić information content (AvgIpc) is 2.88. The van der Waals surface area contributed by atoms with Crippen molar-refractivity contribution in [3.05, 3.63) is 36.3 Å². The highest BCUT2D eigenvalue weighted by atomic mass is 19.1. The van der Waals surface area contributed by atoms with Crippen molar-refractivity contribution in [3.8, 4) is 0 Å². The molecule has 1 aromatic heterocycles. The number of aromatic nitrogens is 3. The number of nitrogens with zero attached hydrogens (tertiary/aromatic N) is 3. The molecule has 0 aliphatic heterocycles. The molecule has 22 heavy (non-hydrogen) atoms. The Bertz CT molecular complexity index is 656. The van der Waals surface area contributed by atoms with Gasteiger partial charge in [-0.15, -0.1) is 5.10 Å². The van der Waals surface area contributed by atoms with Gasteiger partial charge in [-0.25, -0.2) is 13.9 Å². The monoisotopic (exact) mass is 307 g/mol. The molecule has 1 heterocycles. The summed E-state index contributed by atoms with van der Waals surface area (Å²) in [6.45, 7) is 1.81. The van der Waals surface area contributed by atoms with Crippen molar-refractivity contribution in [2.75, 3.05) is 17.2 Å². The Morgan fingerprint density at radius 1 is 1.27 bits per heavy atom. The van der Waals surface area contributed by atoms with Crippen molar-refractivity contribution in [1.29, 1.82) is 0 Å². The Labute approximate surface area is 125 Å². The second-order valence-corrected chi connectivity index (χ2v) is 4.20. The zero-order valence-electron chi connectivity index (χ0n) is 11.7. The SMILES string of the molecule is CCOC(=O)Nc1cn(CC(=O)Nc2ccc(F)cc2)nn1. The lowest BCUT2D eigenvalue weighted by atomic mass is 10.3. The Morgan fingerprint density at radius 2 is 2.00 bits per heavy atom. The van der Waals surface area contributed by atoms with Gasteiger partial charge in [-0.05, 0) is 31.2 Å². The largest absolute Gasteiger partial charge is 0.450 e. The first kappa shape index (κ1) is 15.4. The first-order chi connectivity index (χ1) is 10.6. The van der Waals surface area contributed by atoms with E-state index in [1.807, 2.05) is 0 Å². The van der Waals surface area contributed by atoms with E-state index < -0.39 is 6.09 Å². The van der Waals surface area contributed by atoms with Gasteiger partial charge in [0, 0.05) is 5.69 Å². The molecule has 0 spiro atoms. The molecule has 1 aromatic carbocycles. The third-order valence-electron chi connectivity index (χ3n) is 2.48. The summed E-state index contributed by atoms with van der Waals surface area (Å²) in [5, 5.41) is 12.3. The number of benzene rings is 1. The van der Waals surface area contributed by atoms with E-state index in [2.05, 4.69) is 25.7 Å². The third kappa shape index (κ3) is 4.54. The van der Waals surface area contributed by atoms with E-state index in [-0.39, 0.29) is 30.7 Å². The fourth-order valence-corrected chi connectivity index (χ4v) is 1.59. The third-order valence-corrected chi connectivity index (χ3v) is 2.48. The number of rotatable bonds is 5. The van der Waals surface area contributed by atoms with Crippen LogP contribution in [0.4, 0.5) is 20.7 Å². The normalized spacial score (nSPS) is 10.1. The van der Waals surface area contributed by atoms with Crippen LogP contribution in [0.2, 0.25) is 0 Å². The minimum Gasteiger partial charge on any atom is -0.450 e. The zero-order chi connectivity index (χ0) is 15.9. The van der Waals surface area contributed by atoms with Crippen LogP contribution >= 0.6 is 0 Å². The molecule has 2 N–H and O–H groups in total. The Morgan fingerprint density at radius 3 is 2.68 bits per heavy atom. The minimum absolute atomic E-state index is 0.102. The van der Waals surface area contributed by atoms with E-state index in [1.54, 1.807) is 6.92 Å². The van der Waals surface area contributed by atoms with E-state index in [4.69, 9.17) is 0 Å². The predicted octanol–water partition coefficient (Wildman–Crippen LogP) is 1.62. The van der Waals surface area contributed by atoms with Gasteiger partial charge in [0.05, 0.1) is 12.8 Å². The summed E-state index contributed by atoms with van der Waals surface area (Å²) < 4.78 is 18.7. The standard InChI is InChI=1S/C13H14FN5O3/c1-2-22-13(21)16-11-7-19(18-17-11)8-12(20)15-10-5-3-9(14)4-6-10/h3-7H,2,8H2,1H3,(H,15,20)(H,16,21). The van der Waals surface area contributed by atoms with Crippen molar-refractivity contribution in [2.45, 2.75) is 13.5 Å². The van der Waals surface area contributed by atoms with Gasteiger partial charge >= 0.3 is 6.09 Å². The van der Waals surface area contributed by atoms with Crippen LogP contribution in [-0.2, 0) is 16.1 Å². The zero-order valence-corrected chi connectivity index (χ0v) is 11.7. The van der Waals surface area contributed by atoms with Gasteiger partial charge in [0.1, 0.15) is 12.4 Å². The molecule has 2 amide bonds. The number of amides is 2. The summed E-state index contributed by atoms with van der Waals surface area (Å²) in [5.41, 5.74) is 0.469. The van der Waals surface area contributed by atoms with Crippen LogP contribution in [0.25, 0.3) is 0 Å². The number of carbonyl (C=O) groups excluding carboxylic acids is 2. The Hall–Kier alpha value is -2.97. The minimum atomic E-state index is -0.648. The fourth-order valence-electron chi connectivity index (χ4n) is 1.59. The molecule has 9 heteroatoms.